The molecule has 0 saturated carbocycles. The Morgan fingerprint density at radius 3 is 2.26 bits per heavy atom. The number of pyridine rings is 1. The van der Waals surface area contributed by atoms with Gasteiger partial charge in [-0.3, -0.25) is 9.59 Å². The molecule has 0 aliphatic rings. The lowest BCUT2D eigenvalue weighted by Gasteiger charge is -2.20. The quantitative estimate of drug-likeness (QED) is 0.771. The van der Waals surface area contributed by atoms with E-state index in [1.165, 1.54) is 24.4 Å². The van der Waals surface area contributed by atoms with Crippen molar-refractivity contribution in [3.63, 3.8) is 0 Å². The molecule has 0 aliphatic heterocycles. The predicted molar refractivity (Wildman–Crippen MR) is 95.9 cm³/mol. The van der Waals surface area contributed by atoms with Gasteiger partial charge in [-0.1, -0.05) is 12.1 Å². The van der Waals surface area contributed by atoms with E-state index >= 15 is 0 Å². The third-order valence-corrected chi connectivity index (χ3v) is 3.48. The molecule has 0 fully saturated rings. The van der Waals surface area contributed by atoms with Crippen LogP contribution in [0.25, 0.3) is 11.1 Å². The SMILES string of the molecule is CC(C)(C)OC(=O)Cn1cc(-c2cccc(C(=O)O)c2)cc(C(=O)O)c1=O. The molecule has 0 unspecified atom stereocenters. The summed E-state index contributed by atoms with van der Waals surface area (Å²) < 4.78 is 6.11. The second-order valence-corrected chi connectivity index (χ2v) is 6.85. The molecule has 0 atom stereocenters. The van der Waals surface area contributed by atoms with Crippen LogP contribution in [0.15, 0.2) is 41.3 Å². The molecule has 8 nitrogen and oxygen atoms in total. The molecule has 1 aromatic carbocycles. The Morgan fingerprint density at radius 1 is 1.04 bits per heavy atom. The number of ether oxygens (including phenoxy) is 1. The number of esters is 1. The van der Waals surface area contributed by atoms with Gasteiger partial charge in [0.05, 0.1) is 5.56 Å². The molecule has 1 heterocycles. The first kappa shape index (κ1) is 19.9. The molecule has 2 aromatic rings. The van der Waals surface area contributed by atoms with Crippen LogP contribution in [-0.2, 0) is 16.1 Å². The molecule has 2 N–H and O–H groups in total. The van der Waals surface area contributed by atoms with Crippen LogP contribution >= 0.6 is 0 Å². The summed E-state index contributed by atoms with van der Waals surface area (Å²) >= 11 is 0. The highest BCUT2D eigenvalue weighted by Gasteiger charge is 2.20. The molecule has 0 aliphatic carbocycles. The zero-order chi connectivity index (χ0) is 20.4. The van der Waals surface area contributed by atoms with Gasteiger partial charge in [0, 0.05) is 6.20 Å². The lowest BCUT2D eigenvalue weighted by atomic mass is 10.0. The number of hydrogen-bond acceptors (Lipinski definition) is 5. The van der Waals surface area contributed by atoms with Crippen LogP contribution in [0.4, 0.5) is 0 Å². The number of hydrogen-bond donors (Lipinski definition) is 2. The number of nitrogens with zero attached hydrogens (tertiary/aromatic N) is 1. The second-order valence-electron chi connectivity index (χ2n) is 6.85. The molecule has 0 spiro atoms. The summed E-state index contributed by atoms with van der Waals surface area (Å²) in [5.41, 5.74) is -1.45. The highest BCUT2D eigenvalue weighted by Crippen LogP contribution is 2.21. The van der Waals surface area contributed by atoms with Crippen LogP contribution in [0.1, 0.15) is 41.5 Å². The minimum absolute atomic E-state index is 0.00858. The number of aromatic carboxylic acids is 2. The van der Waals surface area contributed by atoms with E-state index in [0.717, 1.165) is 10.6 Å². The lowest BCUT2D eigenvalue weighted by Crippen LogP contribution is -2.32. The Bertz CT molecular complexity index is 967. The number of carbonyl (C=O) groups is 3. The molecule has 1 aromatic heterocycles. The minimum Gasteiger partial charge on any atom is -0.478 e. The summed E-state index contributed by atoms with van der Waals surface area (Å²) in [6.07, 6.45) is 1.31. The minimum atomic E-state index is -1.45. The number of carboxylic acid groups (broad SMARTS) is 2. The average Bonchev–Trinajstić information content (AvgIpc) is 2.54. The van der Waals surface area contributed by atoms with E-state index in [0.29, 0.717) is 11.1 Å². The van der Waals surface area contributed by atoms with Gasteiger partial charge in [-0.25, -0.2) is 9.59 Å². The molecule has 27 heavy (non-hydrogen) atoms. The third-order valence-electron chi connectivity index (χ3n) is 3.48. The van der Waals surface area contributed by atoms with Gasteiger partial charge in [0.15, 0.2) is 0 Å². The van der Waals surface area contributed by atoms with E-state index in [4.69, 9.17) is 9.84 Å². The topological polar surface area (TPSA) is 123 Å². The average molecular weight is 373 g/mol. The number of carbonyl (C=O) groups excluding carboxylic acids is 1. The fourth-order valence-electron chi connectivity index (χ4n) is 2.41. The summed E-state index contributed by atoms with van der Waals surface area (Å²) in [4.78, 5) is 47.0. The maximum atomic E-state index is 12.4. The number of rotatable bonds is 5. The maximum absolute atomic E-state index is 12.4. The largest absolute Gasteiger partial charge is 0.478 e. The fourth-order valence-corrected chi connectivity index (χ4v) is 2.41. The summed E-state index contributed by atoms with van der Waals surface area (Å²) in [6.45, 7) is 4.54. The standard InChI is InChI=1S/C19H19NO7/c1-19(2,3)27-15(21)10-20-9-13(8-14(16(20)22)18(25)26)11-5-4-6-12(7-11)17(23)24/h4-9H,10H2,1-3H3,(H,23,24)(H,25,26). The van der Waals surface area contributed by atoms with Crippen molar-refractivity contribution in [3.05, 3.63) is 58.0 Å². The summed E-state index contributed by atoms with van der Waals surface area (Å²) in [5.74, 6) is -3.29. The van der Waals surface area contributed by atoms with Crippen molar-refractivity contribution < 1.29 is 29.3 Å². The first-order chi connectivity index (χ1) is 12.5. The van der Waals surface area contributed by atoms with E-state index in [9.17, 15) is 24.3 Å². The summed E-state index contributed by atoms with van der Waals surface area (Å²) in [5, 5.41) is 18.4. The Balaban J connectivity index is 2.54. The molecule has 0 radical (unpaired) electrons. The zero-order valence-corrected chi connectivity index (χ0v) is 15.1. The summed E-state index contributed by atoms with van der Waals surface area (Å²) in [7, 11) is 0. The molecule has 0 saturated heterocycles. The van der Waals surface area contributed by atoms with Gasteiger partial charge in [-0.2, -0.15) is 0 Å². The number of carboxylic acids is 2. The third kappa shape index (κ3) is 5.04. The Labute approximate surface area is 154 Å². The molecular formula is C19H19NO7. The normalized spacial score (nSPS) is 11.1. The lowest BCUT2D eigenvalue weighted by molar-refractivity contribution is -0.155. The van der Waals surface area contributed by atoms with E-state index < -0.39 is 41.2 Å². The Hall–Kier alpha value is -3.42. The van der Waals surface area contributed by atoms with Crippen molar-refractivity contribution in [1.29, 1.82) is 0 Å². The first-order valence-electron chi connectivity index (χ1n) is 8.01. The van der Waals surface area contributed by atoms with E-state index in [1.54, 1.807) is 26.8 Å². The van der Waals surface area contributed by atoms with E-state index in [-0.39, 0.29) is 5.56 Å². The monoisotopic (exact) mass is 373 g/mol. The molecular weight excluding hydrogens is 354 g/mol. The number of aromatic nitrogens is 1. The molecule has 0 bridgehead atoms. The Kier molecular flexibility index (Phi) is 5.49. The van der Waals surface area contributed by atoms with Gasteiger partial charge < -0.3 is 19.5 Å². The Morgan fingerprint density at radius 2 is 1.70 bits per heavy atom. The fraction of sp³-hybridized carbons (Fsp3) is 0.263. The summed E-state index contributed by atoms with van der Waals surface area (Å²) in [6, 6.07) is 6.97. The van der Waals surface area contributed by atoms with Crippen molar-refractivity contribution in [2.75, 3.05) is 0 Å². The molecule has 0 amide bonds. The van der Waals surface area contributed by atoms with Gasteiger partial charge in [-0.05, 0) is 50.1 Å². The van der Waals surface area contributed by atoms with Crippen LogP contribution in [-0.4, -0.2) is 38.3 Å². The van der Waals surface area contributed by atoms with Crippen molar-refractivity contribution in [3.8, 4) is 11.1 Å². The van der Waals surface area contributed by atoms with E-state index in [2.05, 4.69) is 0 Å². The van der Waals surface area contributed by atoms with Crippen molar-refractivity contribution in [2.45, 2.75) is 32.9 Å². The van der Waals surface area contributed by atoms with Gasteiger partial charge in [0.1, 0.15) is 17.7 Å². The van der Waals surface area contributed by atoms with Gasteiger partial charge in [0.25, 0.3) is 5.56 Å². The highest BCUT2D eigenvalue weighted by atomic mass is 16.6. The maximum Gasteiger partial charge on any atom is 0.341 e. The molecule has 8 heteroatoms. The second kappa shape index (κ2) is 7.45. The zero-order valence-electron chi connectivity index (χ0n) is 15.1. The smallest absolute Gasteiger partial charge is 0.341 e. The molecule has 2 rings (SSSR count). The van der Waals surface area contributed by atoms with Gasteiger partial charge >= 0.3 is 17.9 Å². The van der Waals surface area contributed by atoms with Crippen LogP contribution in [0.5, 0.6) is 0 Å². The van der Waals surface area contributed by atoms with Gasteiger partial charge in [-0.15, -0.1) is 0 Å². The van der Waals surface area contributed by atoms with Crippen LogP contribution in [0, 0.1) is 0 Å². The molecule has 142 valence electrons. The van der Waals surface area contributed by atoms with Crippen LogP contribution < -0.4 is 5.56 Å². The van der Waals surface area contributed by atoms with Gasteiger partial charge in [0.2, 0.25) is 0 Å². The van der Waals surface area contributed by atoms with Crippen LogP contribution in [0.2, 0.25) is 0 Å². The van der Waals surface area contributed by atoms with Crippen molar-refractivity contribution in [2.24, 2.45) is 0 Å². The van der Waals surface area contributed by atoms with Crippen LogP contribution in [0.3, 0.4) is 0 Å². The van der Waals surface area contributed by atoms with Crippen molar-refractivity contribution >= 4 is 17.9 Å². The first-order valence-corrected chi connectivity index (χ1v) is 8.01. The highest BCUT2D eigenvalue weighted by molar-refractivity contribution is 5.91. The van der Waals surface area contributed by atoms with E-state index in [1.807, 2.05) is 0 Å². The number of benzene rings is 1. The van der Waals surface area contributed by atoms with Crippen molar-refractivity contribution in [1.82, 2.24) is 4.57 Å². The predicted octanol–water partition coefficient (Wildman–Crippen LogP) is 2.25.